The number of nitrogens with one attached hydrogen (secondary N) is 1. The van der Waals surface area contributed by atoms with Crippen molar-refractivity contribution in [2.75, 3.05) is 19.7 Å². The zero-order valence-corrected chi connectivity index (χ0v) is 10.8. The Morgan fingerprint density at radius 3 is 2.89 bits per heavy atom. The van der Waals surface area contributed by atoms with Crippen molar-refractivity contribution in [1.29, 1.82) is 0 Å². The van der Waals surface area contributed by atoms with E-state index in [2.05, 4.69) is 5.32 Å². The first-order valence-corrected chi connectivity index (χ1v) is 6.10. The highest BCUT2D eigenvalue weighted by Gasteiger charge is 2.28. The van der Waals surface area contributed by atoms with Gasteiger partial charge in [-0.1, -0.05) is 13.0 Å². The molecule has 18 heavy (non-hydrogen) atoms. The summed E-state index contributed by atoms with van der Waals surface area (Å²) in [6.07, 6.45) is 3.29. The molecule has 6 heteroatoms. The van der Waals surface area contributed by atoms with Crippen molar-refractivity contribution in [3.05, 3.63) is 12.2 Å². The average molecular weight is 256 g/mol. The highest BCUT2D eigenvalue weighted by molar-refractivity contribution is 5.80. The van der Waals surface area contributed by atoms with Crippen molar-refractivity contribution in [2.24, 2.45) is 0 Å². The summed E-state index contributed by atoms with van der Waals surface area (Å²) in [6.45, 7) is 5.27. The molecule has 0 spiro atoms. The van der Waals surface area contributed by atoms with Crippen LogP contribution >= 0.6 is 0 Å². The van der Waals surface area contributed by atoms with Crippen molar-refractivity contribution in [3.63, 3.8) is 0 Å². The molecule has 2 unspecified atom stereocenters. The smallest absolute Gasteiger partial charge is 0.328 e. The van der Waals surface area contributed by atoms with Crippen LogP contribution < -0.4 is 5.32 Å². The monoisotopic (exact) mass is 256 g/mol. The normalized spacial score (nSPS) is 24.2. The zero-order chi connectivity index (χ0) is 13.5. The molecular weight excluding hydrogens is 236 g/mol. The van der Waals surface area contributed by atoms with Gasteiger partial charge in [-0.2, -0.15) is 0 Å². The number of nitrogens with zero attached hydrogens (tertiary/aromatic N) is 1. The van der Waals surface area contributed by atoms with Gasteiger partial charge in [0.05, 0.1) is 18.8 Å². The maximum Gasteiger partial charge on any atom is 0.328 e. The van der Waals surface area contributed by atoms with E-state index in [0.29, 0.717) is 13.2 Å². The molecule has 1 heterocycles. The van der Waals surface area contributed by atoms with E-state index in [1.807, 2.05) is 13.8 Å². The largest absolute Gasteiger partial charge is 0.478 e. The maximum absolute atomic E-state index is 11.9. The van der Waals surface area contributed by atoms with Crippen LogP contribution in [0.3, 0.4) is 0 Å². The Hall–Kier alpha value is -1.56. The first kappa shape index (κ1) is 14.5. The lowest BCUT2D eigenvalue weighted by Gasteiger charge is -2.38. The van der Waals surface area contributed by atoms with Crippen LogP contribution in [0.25, 0.3) is 0 Å². The van der Waals surface area contributed by atoms with Gasteiger partial charge in [0.2, 0.25) is 0 Å². The number of hydrogen-bond donors (Lipinski definition) is 2. The zero-order valence-electron chi connectivity index (χ0n) is 10.8. The van der Waals surface area contributed by atoms with E-state index in [-0.39, 0.29) is 24.7 Å². The fourth-order valence-electron chi connectivity index (χ4n) is 1.84. The standard InChI is InChI=1S/C12H20N2O4/c1-3-10-8-18-9(2)7-14(10)12(17)13-6-4-5-11(15)16/h4-5,9-10H,3,6-8H2,1-2H3,(H,13,17)(H,15,16)/b5-4+. The molecule has 102 valence electrons. The van der Waals surface area contributed by atoms with Crippen molar-refractivity contribution in [1.82, 2.24) is 10.2 Å². The topological polar surface area (TPSA) is 78.9 Å². The van der Waals surface area contributed by atoms with Crippen LogP contribution in [0.4, 0.5) is 4.79 Å². The molecule has 1 saturated heterocycles. The first-order chi connectivity index (χ1) is 8.54. The summed E-state index contributed by atoms with van der Waals surface area (Å²) in [6, 6.07) is -0.0864. The number of rotatable bonds is 4. The summed E-state index contributed by atoms with van der Waals surface area (Å²) in [5.41, 5.74) is 0. The lowest BCUT2D eigenvalue weighted by Crippen LogP contribution is -2.54. The number of aliphatic carboxylic acids is 1. The summed E-state index contributed by atoms with van der Waals surface area (Å²) in [5, 5.41) is 11.1. The summed E-state index contributed by atoms with van der Waals surface area (Å²) >= 11 is 0. The second kappa shape index (κ2) is 7.00. The number of morpholine rings is 1. The quantitative estimate of drug-likeness (QED) is 0.730. The molecule has 0 aliphatic carbocycles. The fourth-order valence-corrected chi connectivity index (χ4v) is 1.84. The van der Waals surface area contributed by atoms with E-state index < -0.39 is 5.97 Å². The van der Waals surface area contributed by atoms with Crippen molar-refractivity contribution in [2.45, 2.75) is 32.4 Å². The number of urea groups is 1. The van der Waals surface area contributed by atoms with Gasteiger partial charge in [0.1, 0.15) is 0 Å². The third-order valence-electron chi connectivity index (χ3n) is 2.83. The van der Waals surface area contributed by atoms with Gasteiger partial charge < -0.3 is 20.1 Å². The molecule has 2 N–H and O–H groups in total. The molecule has 1 fully saturated rings. The van der Waals surface area contributed by atoms with Crippen LogP contribution in [0, 0.1) is 0 Å². The summed E-state index contributed by atoms with van der Waals surface area (Å²) in [4.78, 5) is 23.9. The van der Waals surface area contributed by atoms with Crippen LogP contribution in [-0.4, -0.2) is 53.8 Å². The molecule has 2 atom stereocenters. The van der Waals surface area contributed by atoms with Crippen LogP contribution in [0.1, 0.15) is 20.3 Å². The highest BCUT2D eigenvalue weighted by Crippen LogP contribution is 2.14. The van der Waals surface area contributed by atoms with E-state index in [1.165, 1.54) is 6.08 Å². The Morgan fingerprint density at radius 1 is 1.56 bits per heavy atom. The van der Waals surface area contributed by atoms with Gasteiger partial charge in [-0.3, -0.25) is 0 Å². The van der Waals surface area contributed by atoms with Crippen LogP contribution in [-0.2, 0) is 9.53 Å². The van der Waals surface area contributed by atoms with Crippen molar-refractivity contribution >= 4 is 12.0 Å². The molecule has 1 aliphatic heterocycles. The SMILES string of the molecule is CCC1COC(C)CN1C(=O)NC/C=C/C(=O)O. The Kier molecular flexibility index (Phi) is 5.64. The van der Waals surface area contributed by atoms with Gasteiger partial charge in [-0.25, -0.2) is 9.59 Å². The molecule has 1 aliphatic rings. The van der Waals surface area contributed by atoms with E-state index >= 15 is 0 Å². The number of carbonyl (C=O) groups excluding carboxylic acids is 1. The van der Waals surface area contributed by atoms with Gasteiger partial charge >= 0.3 is 12.0 Å². The second-order valence-electron chi connectivity index (χ2n) is 4.29. The minimum absolute atomic E-state index is 0.0353. The highest BCUT2D eigenvalue weighted by atomic mass is 16.5. The summed E-state index contributed by atoms with van der Waals surface area (Å²) < 4.78 is 5.51. The van der Waals surface area contributed by atoms with Gasteiger partial charge in [0.25, 0.3) is 0 Å². The second-order valence-corrected chi connectivity index (χ2v) is 4.29. The molecule has 0 bridgehead atoms. The van der Waals surface area contributed by atoms with Gasteiger partial charge in [0.15, 0.2) is 0 Å². The van der Waals surface area contributed by atoms with Gasteiger partial charge in [0, 0.05) is 19.2 Å². The van der Waals surface area contributed by atoms with Gasteiger partial charge in [-0.15, -0.1) is 0 Å². The lowest BCUT2D eigenvalue weighted by atomic mass is 10.1. The van der Waals surface area contributed by atoms with Gasteiger partial charge in [-0.05, 0) is 13.3 Å². The molecular formula is C12H20N2O4. The molecule has 2 amide bonds. The Morgan fingerprint density at radius 2 is 2.28 bits per heavy atom. The molecule has 1 rings (SSSR count). The summed E-state index contributed by atoms with van der Waals surface area (Å²) in [5.74, 6) is -1.02. The predicted molar refractivity (Wildman–Crippen MR) is 66.4 cm³/mol. The van der Waals surface area contributed by atoms with Crippen molar-refractivity contribution < 1.29 is 19.4 Å². The average Bonchev–Trinajstić information content (AvgIpc) is 2.34. The molecule has 0 radical (unpaired) electrons. The predicted octanol–water partition coefficient (Wildman–Crippen LogP) is 0.836. The fraction of sp³-hybridized carbons (Fsp3) is 0.667. The molecule has 0 saturated carbocycles. The minimum Gasteiger partial charge on any atom is -0.478 e. The molecule has 0 aromatic heterocycles. The van der Waals surface area contributed by atoms with E-state index in [1.54, 1.807) is 4.90 Å². The summed E-state index contributed by atoms with van der Waals surface area (Å²) in [7, 11) is 0. The first-order valence-electron chi connectivity index (χ1n) is 6.10. The van der Waals surface area contributed by atoms with E-state index in [4.69, 9.17) is 9.84 Å². The van der Waals surface area contributed by atoms with Crippen LogP contribution in [0.15, 0.2) is 12.2 Å². The number of ether oxygens (including phenoxy) is 1. The molecule has 0 aromatic rings. The number of hydrogen-bond acceptors (Lipinski definition) is 3. The minimum atomic E-state index is -1.02. The third-order valence-corrected chi connectivity index (χ3v) is 2.83. The number of carboxylic acid groups (broad SMARTS) is 1. The Labute approximate surface area is 107 Å². The lowest BCUT2D eigenvalue weighted by molar-refractivity contribution is -0.131. The Bertz CT molecular complexity index is 330. The maximum atomic E-state index is 11.9. The number of carbonyl (C=O) groups is 2. The number of amides is 2. The van der Waals surface area contributed by atoms with Crippen LogP contribution in [0.2, 0.25) is 0 Å². The third kappa shape index (κ3) is 4.37. The van der Waals surface area contributed by atoms with Crippen LogP contribution in [0.5, 0.6) is 0 Å². The Balaban J connectivity index is 2.45. The van der Waals surface area contributed by atoms with E-state index in [0.717, 1.165) is 12.5 Å². The molecule has 6 nitrogen and oxygen atoms in total. The molecule has 0 aromatic carbocycles. The van der Waals surface area contributed by atoms with Crippen molar-refractivity contribution in [3.8, 4) is 0 Å². The van der Waals surface area contributed by atoms with E-state index in [9.17, 15) is 9.59 Å². The number of carboxylic acids is 1.